The quantitative estimate of drug-likeness (QED) is 0.747. The zero-order valence-corrected chi connectivity index (χ0v) is 13.2. The third-order valence-electron chi connectivity index (χ3n) is 4.61. The van der Waals surface area contributed by atoms with E-state index in [-0.39, 0.29) is 6.04 Å². The summed E-state index contributed by atoms with van der Waals surface area (Å²) in [5.41, 5.74) is 5.74. The Morgan fingerprint density at radius 2 is 2.04 bits per heavy atom. The number of rotatable bonds is 1. The summed E-state index contributed by atoms with van der Waals surface area (Å²) >= 11 is 0. The van der Waals surface area contributed by atoms with Gasteiger partial charge in [-0.1, -0.05) is 42.0 Å². The number of ether oxygens (including phenoxy) is 1. The number of hydrogen-bond donors (Lipinski definition) is 1. The van der Waals surface area contributed by atoms with Gasteiger partial charge in [-0.25, -0.2) is 4.68 Å². The maximum atomic E-state index is 6.03. The van der Waals surface area contributed by atoms with Gasteiger partial charge in [-0.15, -0.1) is 0 Å². The molecule has 2 aliphatic rings. The van der Waals surface area contributed by atoms with E-state index in [1.54, 1.807) is 6.33 Å². The molecule has 2 aromatic carbocycles. The molecule has 0 bridgehead atoms. The number of nitrogens with one attached hydrogen (secondary N) is 1. The van der Waals surface area contributed by atoms with Crippen molar-refractivity contribution in [3.63, 3.8) is 0 Å². The van der Waals surface area contributed by atoms with Crippen LogP contribution in [0.5, 0.6) is 5.75 Å². The van der Waals surface area contributed by atoms with E-state index in [0.717, 1.165) is 23.0 Å². The van der Waals surface area contributed by atoms with Crippen LogP contribution in [0, 0.1) is 6.92 Å². The minimum atomic E-state index is -0.00591. The molecule has 1 unspecified atom stereocenters. The Balaban J connectivity index is 1.75. The van der Waals surface area contributed by atoms with Crippen molar-refractivity contribution in [1.29, 1.82) is 0 Å². The molecule has 24 heavy (non-hydrogen) atoms. The number of hydrogen-bond acceptors (Lipinski definition) is 4. The average Bonchev–Trinajstić information content (AvgIpc) is 3.08. The molecule has 0 amide bonds. The van der Waals surface area contributed by atoms with E-state index < -0.39 is 0 Å². The number of aromatic nitrogens is 3. The Bertz CT molecular complexity index is 959. The molecule has 118 valence electrons. The summed E-state index contributed by atoms with van der Waals surface area (Å²) in [5, 5.41) is 7.88. The van der Waals surface area contributed by atoms with Crippen molar-refractivity contribution in [2.75, 3.05) is 11.9 Å². The van der Waals surface area contributed by atoms with Gasteiger partial charge in [0, 0.05) is 11.1 Å². The summed E-state index contributed by atoms with van der Waals surface area (Å²) in [4.78, 5) is 4.38. The van der Waals surface area contributed by atoms with E-state index >= 15 is 0 Å². The zero-order chi connectivity index (χ0) is 16.1. The van der Waals surface area contributed by atoms with Gasteiger partial charge in [0.25, 0.3) is 0 Å². The predicted octanol–water partition coefficient (Wildman–Crippen LogP) is 3.41. The fourth-order valence-electron chi connectivity index (χ4n) is 3.49. The summed E-state index contributed by atoms with van der Waals surface area (Å²) in [7, 11) is 0. The van der Waals surface area contributed by atoms with Crippen molar-refractivity contribution >= 4 is 11.6 Å². The van der Waals surface area contributed by atoms with Gasteiger partial charge in [0.2, 0.25) is 5.95 Å². The maximum absolute atomic E-state index is 6.03. The van der Waals surface area contributed by atoms with Gasteiger partial charge in [0.15, 0.2) is 0 Å². The largest absolute Gasteiger partial charge is 0.488 e. The molecule has 1 N–H and O–H groups in total. The third-order valence-corrected chi connectivity index (χ3v) is 4.61. The number of benzene rings is 2. The lowest BCUT2D eigenvalue weighted by Gasteiger charge is -2.34. The number of aryl methyl sites for hydroxylation is 1. The first-order valence-electron chi connectivity index (χ1n) is 7.99. The van der Waals surface area contributed by atoms with Crippen molar-refractivity contribution in [2.45, 2.75) is 13.0 Å². The molecule has 0 spiro atoms. The Morgan fingerprint density at radius 1 is 1.17 bits per heavy atom. The number of nitrogens with zero attached hydrogens (tertiary/aromatic N) is 3. The molecule has 0 radical (unpaired) electrons. The molecule has 0 aliphatic carbocycles. The summed E-state index contributed by atoms with van der Waals surface area (Å²) in [5.74, 6) is 1.67. The van der Waals surface area contributed by atoms with Crippen molar-refractivity contribution in [1.82, 2.24) is 14.8 Å². The van der Waals surface area contributed by atoms with Crippen molar-refractivity contribution in [3.05, 3.63) is 77.1 Å². The Kier molecular flexibility index (Phi) is 2.76. The summed E-state index contributed by atoms with van der Waals surface area (Å²) in [6, 6.07) is 16.6. The molecule has 1 atom stereocenters. The van der Waals surface area contributed by atoms with Crippen LogP contribution >= 0.6 is 0 Å². The molecule has 2 aliphatic heterocycles. The maximum Gasteiger partial charge on any atom is 0.226 e. The van der Waals surface area contributed by atoms with E-state index in [4.69, 9.17) is 4.74 Å². The van der Waals surface area contributed by atoms with Gasteiger partial charge in [-0.3, -0.25) is 0 Å². The monoisotopic (exact) mass is 316 g/mol. The van der Waals surface area contributed by atoms with Crippen molar-refractivity contribution in [3.8, 4) is 5.75 Å². The highest BCUT2D eigenvalue weighted by atomic mass is 16.5. The highest BCUT2D eigenvalue weighted by Gasteiger charge is 2.34. The van der Waals surface area contributed by atoms with Crippen LogP contribution in [0.2, 0.25) is 0 Å². The first kappa shape index (κ1) is 13.4. The van der Waals surface area contributed by atoms with Crippen LogP contribution in [0.15, 0.2) is 60.4 Å². The highest BCUT2D eigenvalue weighted by molar-refractivity contribution is 5.84. The van der Waals surface area contributed by atoms with Gasteiger partial charge < -0.3 is 10.1 Å². The summed E-state index contributed by atoms with van der Waals surface area (Å²) in [6.07, 6.45) is 1.59. The van der Waals surface area contributed by atoms with E-state index in [2.05, 4.69) is 58.7 Å². The van der Waals surface area contributed by atoms with Crippen LogP contribution in [-0.2, 0) is 0 Å². The standard InChI is InChI=1S/C19H16N4O/c1-12-7-8-16-14(9-12)17-15(10-24-16)18(13-5-3-2-4-6-13)23-19(22-17)20-11-21-23/h2-9,11,18H,10H2,1H3,(H,20,21,22). The van der Waals surface area contributed by atoms with Crippen LogP contribution in [0.25, 0.3) is 5.70 Å². The second-order valence-electron chi connectivity index (χ2n) is 6.15. The molecule has 5 rings (SSSR count). The Hall–Kier alpha value is -3.08. The fourth-order valence-corrected chi connectivity index (χ4v) is 3.49. The topological polar surface area (TPSA) is 52.0 Å². The molecule has 0 saturated heterocycles. The molecular weight excluding hydrogens is 300 g/mol. The number of anilines is 1. The zero-order valence-electron chi connectivity index (χ0n) is 13.2. The van der Waals surface area contributed by atoms with Gasteiger partial charge in [0.1, 0.15) is 24.7 Å². The van der Waals surface area contributed by atoms with E-state index in [9.17, 15) is 0 Å². The SMILES string of the molecule is Cc1ccc2c(c1)C1=C(CO2)C(c2ccccc2)n2ncnc2N1. The first-order chi connectivity index (χ1) is 11.8. The van der Waals surface area contributed by atoms with Crippen LogP contribution in [0.4, 0.5) is 5.95 Å². The Morgan fingerprint density at radius 3 is 2.92 bits per heavy atom. The van der Waals surface area contributed by atoms with Crippen molar-refractivity contribution in [2.24, 2.45) is 0 Å². The summed E-state index contributed by atoms with van der Waals surface area (Å²) in [6.45, 7) is 2.63. The lowest BCUT2D eigenvalue weighted by atomic mass is 9.91. The number of fused-ring (bicyclic) bond motifs is 3. The highest BCUT2D eigenvalue weighted by Crippen LogP contribution is 2.43. The Labute approximate surface area is 139 Å². The predicted molar refractivity (Wildman–Crippen MR) is 91.8 cm³/mol. The lowest BCUT2D eigenvalue weighted by molar-refractivity contribution is 0.328. The minimum absolute atomic E-state index is 0.00591. The normalized spacial score (nSPS) is 18.1. The van der Waals surface area contributed by atoms with E-state index in [1.807, 2.05) is 16.8 Å². The van der Waals surface area contributed by atoms with Gasteiger partial charge in [-0.2, -0.15) is 10.1 Å². The van der Waals surface area contributed by atoms with Crippen LogP contribution in [0.3, 0.4) is 0 Å². The third kappa shape index (κ3) is 1.88. The molecular formula is C19H16N4O. The lowest BCUT2D eigenvalue weighted by Crippen LogP contribution is -2.30. The second kappa shape index (κ2) is 4.96. The van der Waals surface area contributed by atoms with Gasteiger partial charge in [-0.05, 0) is 24.6 Å². The first-order valence-corrected chi connectivity index (χ1v) is 7.99. The molecule has 3 aromatic rings. The fraction of sp³-hybridized carbons (Fsp3) is 0.158. The van der Waals surface area contributed by atoms with Gasteiger partial charge in [0.05, 0.1) is 5.70 Å². The molecule has 3 heterocycles. The van der Waals surface area contributed by atoms with E-state index in [1.165, 1.54) is 16.7 Å². The van der Waals surface area contributed by atoms with E-state index in [0.29, 0.717) is 6.61 Å². The molecule has 5 nitrogen and oxygen atoms in total. The summed E-state index contributed by atoms with van der Waals surface area (Å²) < 4.78 is 7.96. The molecule has 0 saturated carbocycles. The molecule has 1 aromatic heterocycles. The smallest absolute Gasteiger partial charge is 0.226 e. The van der Waals surface area contributed by atoms with Crippen LogP contribution in [-0.4, -0.2) is 21.4 Å². The minimum Gasteiger partial charge on any atom is -0.488 e. The van der Waals surface area contributed by atoms with Crippen LogP contribution < -0.4 is 10.1 Å². The molecule has 5 heteroatoms. The van der Waals surface area contributed by atoms with Crippen LogP contribution in [0.1, 0.15) is 22.7 Å². The molecule has 0 fully saturated rings. The second-order valence-corrected chi connectivity index (χ2v) is 6.15. The average molecular weight is 316 g/mol. The van der Waals surface area contributed by atoms with Gasteiger partial charge >= 0.3 is 0 Å². The van der Waals surface area contributed by atoms with Crippen molar-refractivity contribution < 1.29 is 4.74 Å².